The van der Waals surface area contributed by atoms with Crippen molar-refractivity contribution in [3.05, 3.63) is 42.5 Å². The molecule has 4 aromatic rings. The third-order valence-corrected chi connectivity index (χ3v) is 3.78. The lowest BCUT2D eigenvalue weighted by molar-refractivity contribution is 0.250. The summed E-state index contributed by atoms with van der Waals surface area (Å²) < 4.78 is 0. The van der Waals surface area contributed by atoms with Gasteiger partial charge >= 0.3 is 6.03 Å². The van der Waals surface area contributed by atoms with Crippen molar-refractivity contribution in [2.24, 2.45) is 0 Å². The number of anilines is 1. The number of para-hydroxylation sites is 2. The number of fused-ring (bicyclic) bond motifs is 4. The number of carbonyl (C=O) groups is 1. The van der Waals surface area contributed by atoms with Gasteiger partial charge in [-0.2, -0.15) is 0 Å². The number of aromatic amines is 1. The largest absolute Gasteiger partial charge is 0.338 e. The van der Waals surface area contributed by atoms with Gasteiger partial charge in [0.25, 0.3) is 0 Å². The van der Waals surface area contributed by atoms with Crippen molar-refractivity contribution in [2.75, 3.05) is 5.32 Å². The highest BCUT2D eigenvalue weighted by molar-refractivity contribution is 6.07. The van der Waals surface area contributed by atoms with Gasteiger partial charge in [-0.25, -0.2) is 14.8 Å². The highest BCUT2D eigenvalue weighted by Crippen LogP contribution is 2.27. The number of rotatable bonds is 2. The summed E-state index contributed by atoms with van der Waals surface area (Å²) in [6, 6.07) is 13.3. The molecule has 2 aromatic carbocycles. The third-order valence-electron chi connectivity index (χ3n) is 3.78. The summed E-state index contributed by atoms with van der Waals surface area (Å²) in [5.74, 6) is 0. The van der Waals surface area contributed by atoms with Crippen LogP contribution in [0.3, 0.4) is 0 Å². The van der Waals surface area contributed by atoms with Gasteiger partial charge < -0.3 is 15.6 Å². The first-order valence-electron chi connectivity index (χ1n) is 7.86. The number of nitrogens with one attached hydrogen (secondary N) is 3. The van der Waals surface area contributed by atoms with Gasteiger partial charge in [-0.15, -0.1) is 0 Å². The Bertz CT molecular complexity index is 1070. The first-order chi connectivity index (χ1) is 11.6. The van der Waals surface area contributed by atoms with E-state index in [0.717, 1.165) is 38.8 Å². The number of amides is 2. The maximum Gasteiger partial charge on any atom is 0.319 e. The summed E-state index contributed by atoms with van der Waals surface area (Å²) in [7, 11) is 0. The van der Waals surface area contributed by atoms with Crippen molar-refractivity contribution in [2.45, 2.75) is 19.9 Å². The molecule has 0 radical (unpaired) electrons. The summed E-state index contributed by atoms with van der Waals surface area (Å²) in [5, 5.41) is 6.59. The lowest BCUT2D eigenvalue weighted by Gasteiger charge is -2.10. The molecule has 0 saturated carbocycles. The molecule has 4 rings (SSSR count). The van der Waals surface area contributed by atoms with Crippen molar-refractivity contribution in [1.29, 1.82) is 0 Å². The van der Waals surface area contributed by atoms with Crippen LogP contribution < -0.4 is 10.6 Å². The standard InChI is InChI=1S/C18H17N5O/c1-10(2)19-18(24)20-11-7-8-13-12(9-11)16-17(22-13)23-15-6-4-3-5-14(15)21-16/h3-10H,1-2H3,(H,22,23)(H2,19,20,24). The molecule has 2 heterocycles. The van der Waals surface area contributed by atoms with Crippen LogP contribution in [0.5, 0.6) is 0 Å². The molecule has 6 heteroatoms. The minimum Gasteiger partial charge on any atom is -0.338 e. The molecule has 2 amide bonds. The van der Waals surface area contributed by atoms with E-state index in [1.165, 1.54) is 0 Å². The van der Waals surface area contributed by atoms with E-state index in [4.69, 9.17) is 4.98 Å². The zero-order chi connectivity index (χ0) is 16.7. The predicted molar refractivity (Wildman–Crippen MR) is 96.2 cm³/mol. The fraction of sp³-hybridized carbons (Fsp3) is 0.167. The van der Waals surface area contributed by atoms with Crippen LogP contribution in [-0.2, 0) is 0 Å². The topological polar surface area (TPSA) is 82.7 Å². The maximum absolute atomic E-state index is 11.9. The summed E-state index contributed by atoms with van der Waals surface area (Å²) in [4.78, 5) is 24.5. The molecule has 0 aliphatic heterocycles. The lowest BCUT2D eigenvalue weighted by atomic mass is 10.2. The highest BCUT2D eigenvalue weighted by Gasteiger charge is 2.10. The molecule has 0 aliphatic carbocycles. The Balaban J connectivity index is 1.81. The first kappa shape index (κ1) is 14.4. The predicted octanol–water partition coefficient (Wildman–Crippen LogP) is 3.79. The Morgan fingerprint density at radius 1 is 1.08 bits per heavy atom. The van der Waals surface area contributed by atoms with Gasteiger partial charge in [-0.3, -0.25) is 0 Å². The second-order valence-electron chi connectivity index (χ2n) is 6.05. The number of hydrogen-bond acceptors (Lipinski definition) is 3. The number of carbonyl (C=O) groups excluding carboxylic acids is 1. The third kappa shape index (κ3) is 2.52. The van der Waals surface area contributed by atoms with E-state index in [2.05, 4.69) is 20.6 Å². The van der Waals surface area contributed by atoms with E-state index in [1.807, 2.05) is 56.3 Å². The van der Waals surface area contributed by atoms with Gasteiger partial charge in [-0.1, -0.05) is 12.1 Å². The highest BCUT2D eigenvalue weighted by atomic mass is 16.2. The van der Waals surface area contributed by atoms with Crippen LogP contribution in [0, 0.1) is 0 Å². The van der Waals surface area contributed by atoms with Crippen LogP contribution in [-0.4, -0.2) is 27.0 Å². The number of nitrogens with zero attached hydrogens (tertiary/aromatic N) is 2. The summed E-state index contributed by atoms with van der Waals surface area (Å²) in [5.41, 5.74) is 4.91. The average molecular weight is 319 g/mol. The Kier molecular flexibility index (Phi) is 3.30. The monoisotopic (exact) mass is 319 g/mol. The first-order valence-corrected chi connectivity index (χ1v) is 7.86. The van der Waals surface area contributed by atoms with Gasteiger partial charge in [-0.05, 0) is 44.2 Å². The molecule has 0 atom stereocenters. The summed E-state index contributed by atoms with van der Waals surface area (Å²) in [6.45, 7) is 3.84. The Labute approximate surface area is 138 Å². The lowest BCUT2D eigenvalue weighted by Crippen LogP contribution is -2.34. The number of urea groups is 1. The van der Waals surface area contributed by atoms with Crippen LogP contribution in [0.15, 0.2) is 42.5 Å². The van der Waals surface area contributed by atoms with E-state index >= 15 is 0 Å². The zero-order valence-corrected chi connectivity index (χ0v) is 13.4. The van der Waals surface area contributed by atoms with E-state index in [0.29, 0.717) is 0 Å². The number of aromatic nitrogens is 3. The van der Waals surface area contributed by atoms with Crippen LogP contribution in [0.25, 0.3) is 33.1 Å². The molecule has 0 spiro atoms. The molecule has 0 bridgehead atoms. The number of benzene rings is 2. The molecule has 24 heavy (non-hydrogen) atoms. The van der Waals surface area contributed by atoms with Gasteiger partial charge in [0.2, 0.25) is 0 Å². The number of H-pyrrole nitrogens is 1. The summed E-state index contributed by atoms with van der Waals surface area (Å²) >= 11 is 0. The van der Waals surface area contributed by atoms with Crippen molar-refractivity contribution in [3.63, 3.8) is 0 Å². The van der Waals surface area contributed by atoms with Crippen LogP contribution in [0.4, 0.5) is 10.5 Å². The maximum atomic E-state index is 11.9. The summed E-state index contributed by atoms with van der Waals surface area (Å²) in [6.07, 6.45) is 0. The Hall–Kier alpha value is -3.15. The molecule has 0 unspecified atom stereocenters. The fourth-order valence-corrected chi connectivity index (χ4v) is 2.76. The van der Waals surface area contributed by atoms with E-state index in [9.17, 15) is 4.79 Å². The van der Waals surface area contributed by atoms with Crippen molar-refractivity contribution < 1.29 is 4.79 Å². The molecule has 120 valence electrons. The molecular formula is C18H17N5O. The van der Waals surface area contributed by atoms with Crippen LogP contribution >= 0.6 is 0 Å². The van der Waals surface area contributed by atoms with E-state index < -0.39 is 0 Å². The minimum atomic E-state index is -0.222. The van der Waals surface area contributed by atoms with Gasteiger partial charge in [0.1, 0.15) is 5.52 Å². The Morgan fingerprint density at radius 2 is 1.83 bits per heavy atom. The molecule has 0 fully saturated rings. The second-order valence-corrected chi connectivity index (χ2v) is 6.05. The zero-order valence-electron chi connectivity index (χ0n) is 13.4. The minimum absolute atomic E-state index is 0.0825. The number of hydrogen-bond donors (Lipinski definition) is 3. The molecule has 0 aliphatic rings. The Morgan fingerprint density at radius 3 is 2.58 bits per heavy atom. The van der Waals surface area contributed by atoms with Crippen LogP contribution in [0.2, 0.25) is 0 Å². The van der Waals surface area contributed by atoms with E-state index in [-0.39, 0.29) is 12.1 Å². The molecule has 3 N–H and O–H groups in total. The van der Waals surface area contributed by atoms with Gasteiger partial charge in [0.05, 0.1) is 11.0 Å². The molecule has 0 saturated heterocycles. The SMILES string of the molecule is CC(C)NC(=O)Nc1ccc2[nH]c3nc4ccccc4nc3c2c1. The van der Waals surface area contributed by atoms with Crippen molar-refractivity contribution in [3.8, 4) is 0 Å². The molecular weight excluding hydrogens is 302 g/mol. The van der Waals surface area contributed by atoms with Gasteiger partial charge in [0, 0.05) is 22.6 Å². The van der Waals surface area contributed by atoms with Crippen molar-refractivity contribution >= 4 is 44.8 Å². The van der Waals surface area contributed by atoms with Gasteiger partial charge in [0.15, 0.2) is 5.65 Å². The second kappa shape index (κ2) is 5.49. The fourth-order valence-electron chi connectivity index (χ4n) is 2.76. The molecule has 2 aromatic heterocycles. The normalized spacial score (nSPS) is 11.5. The average Bonchev–Trinajstić information content (AvgIpc) is 2.89. The van der Waals surface area contributed by atoms with Crippen LogP contribution in [0.1, 0.15) is 13.8 Å². The van der Waals surface area contributed by atoms with E-state index in [1.54, 1.807) is 0 Å². The molecule has 6 nitrogen and oxygen atoms in total. The smallest absolute Gasteiger partial charge is 0.319 e. The van der Waals surface area contributed by atoms with Crippen molar-refractivity contribution in [1.82, 2.24) is 20.3 Å². The quantitative estimate of drug-likeness (QED) is 0.525.